The first-order valence-corrected chi connectivity index (χ1v) is 11.6. The third-order valence-corrected chi connectivity index (χ3v) is 6.26. The predicted molar refractivity (Wildman–Crippen MR) is 141 cm³/mol. The van der Waals surface area contributed by atoms with Gasteiger partial charge in [0, 0.05) is 46.4 Å². The van der Waals surface area contributed by atoms with Gasteiger partial charge < -0.3 is 10.3 Å². The van der Waals surface area contributed by atoms with Crippen LogP contribution < -0.4 is 5.32 Å². The fourth-order valence-corrected chi connectivity index (χ4v) is 4.48. The Morgan fingerprint density at radius 1 is 0.857 bits per heavy atom. The molecular weight excluding hydrogens is 434 g/mol. The predicted octanol–water partition coefficient (Wildman–Crippen LogP) is 6.79. The molecule has 1 amide bonds. The number of hydrogen-bond acceptors (Lipinski definition) is 3. The van der Waals surface area contributed by atoms with Crippen LogP contribution in [0.15, 0.2) is 91.3 Å². The number of carbonyl (C=O) groups excluding carboxylic acids is 1. The minimum absolute atomic E-state index is 0.000752. The third-order valence-electron chi connectivity index (χ3n) is 6.26. The molecule has 35 heavy (non-hydrogen) atoms. The van der Waals surface area contributed by atoms with E-state index >= 15 is 0 Å². The summed E-state index contributed by atoms with van der Waals surface area (Å²) in [5, 5.41) is 12.9. The Labute approximate surface area is 202 Å². The fourth-order valence-electron chi connectivity index (χ4n) is 4.48. The van der Waals surface area contributed by atoms with E-state index in [4.69, 9.17) is 0 Å². The zero-order chi connectivity index (χ0) is 23.8. The summed E-state index contributed by atoms with van der Waals surface area (Å²) in [6, 6.07) is 26.6. The maximum absolute atomic E-state index is 11.8. The van der Waals surface area contributed by atoms with E-state index in [0.717, 1.165) is 61.1 Å². The molecule has 0 unspecified atom stereocenters. The molecule has 170 valence electrons. The number of aromatic amines is 2. The molecule has 0 bridgehead atoms. The number of H-pyrrole nitrogens is 2. The SMILES string of the molecule is CCC(=O)Nc1cccc(-c2ccc3[nH]nc(-c4cc5c(-c6cccnc6)cccc5[nH]4)c3c2)c1. The monoisotopic (exact) mass is 457 g/mol. The molecule has 3 aromatic carbocycles. The molecule has 0 fully saturated rings. The van der Waals surface area contributed by atoms with Crippen molar-refractivity contribution in [1.29, 1.82) is 0 Å². The van der Waals surface area contributed by atoms with E-state index in [2.05, 4.69) is 67.9 Å². The quantitative estimate of drug-likeness (QED) is 0.266. The molecule has 0 aliphatic rings. The average Bonchev–Trinajstić information content (AvgIpc) is 3.53. The summed E-state index contributed by atoms with van der Waals surface area (Å²) in [4.78, 5) is 19.7. The Kier molecular flexibility index (Phi) is 5.11. The minimum atomic E-state index is -0.000752. The number of nitrogens with zero attached hydrogens (tertiary/aromatic N) is 2. The Hall–Kier alpha value is -4.71. The molecule has 3 heterocycles. The number of aromatic nitrogens is 4. The van der Waals surface area contributed by atoms with Crippen molar-refractivity contribution in [1.82, 2.24) is 20.2 Å². The van der Waals surface area contributed by atoms with Gasteiger partial charge in [0.15, 0.2) is 0 Å². The number of rotatable bonds is 5. The highest BCUT2D eigenvalue weighted by Gasteiger charge is 2.14. The number of benzene rings is 3. The number of amides is 1. The maximum Gasteiger partial charge on any atom is 0.224 e. The van der Waals surface area contributed by atoms with Crippen LogP contribution >= 0.6 is 0 Å². The topological polar surface area (TPSA) is 86.5 Å². The molecule has 3 aromatic heterocycles. The second-order valence-electron chi connectivity index (χ2n) is 8.51. The lowest BCUT2D eigenvalue weighted by Gasteiger charge is -2.07. The van der Waals surface area contributed by atoms with Crippen LogP contribution in [0.4, 0.5) is 5.69 Å². The van der Waals surface area contributed by atoms with Gasteiger partial charge in [-0.1, -0.05) is 43.3 Å². The molecule has 6 nitrogen and oxygen atoms in total. The van der Waals surface area contributed by atoms with E-state index in [9.17, 15) is 4.79 Å². The van der Waals surface area contributed by atoms with Crippen molar-refractivity contribution in [2.75, 3.05) is 5.32 Å². The molecule has 0 aliphatic heterocycles. The van der Waals surface area contributed by atoms with E-state index in [0.29, 0.717) is 6.42 Å². The van der Waals surface area contributed by atoms with Crippen LogP contribution in [0.2, 0.25) is 0 Å². The Bertz CT molecular complexity index is 1680. The number of carbonyl (C=O) groups is 1. The van der Waals surface area contributed by atoms with Crippen molar-refractivity contribution in [3.05, 3.63) is 91.3 Å². The smallest absolute Gasteiger partial charge is 0.224 e. The first-order chi connectivity index (χ1) is 17.2. The van der Waals surface area contributed by atoms with Crippen molar-refractivity contribution >= 4 is 33.4 Å². The highest BCUT2D eigenvalue weighted by molar-refractivity contribution is 6.02. The van der Waals surface area contributed by atoms with Gasteiger partial charge in [0.05, 0.1) is 11.2 Å². The summed E-state index contributed by atoms with van der Waals surface area (Å²) >= 11 is 0. The zero-order valence-corrected chi connectivity index (χ0v) is 19.2. The summed E-state index contributed by atoms with van der Waals surface area (Å²) in [6.07, 6.45) is 4.11. The standard InChI is InChI=1S/C29H23N5O/c1-2-28(35)31-21-8-3-6-18(14-21)19-11-12-26-24(15-19)29(34-33-26)27-16-23-22(9-4-10-25(23)32-27)20-7-5-13-30-17-20/h3-17,32H,2H2,1H3,(H,31,35)(H,33,34). The summed E-state index contributed by atoms with van der Waals surface area (Å²) in [7, 11) is 0. The zero-order valence-electron chi connectivity index (χ0n) is 19.2. The van der Waals surface area contributed by atoms with Gasteiger partial charge in [-0.05, 0) is 59.2 Å². The second kappa shape index (κ2) is 8.57. The van der Waals surface area contributed by atoms with Crippen LogP contribution in [0.3, 0.4) is 0 Å². The van der Waals surface area contributed by atoms with Crippen molar-refractivity contribution < 1.29 is 4.79 Å². The number of anilines is 1. The van der Waals surface area contributed by atoms with Crippen LogP contribution in [0, 0.1) is 0 Å². The van der Waals surface area contributed by atoms with Crippen LogP contribution in [0.1, 0.15) is 13.3 Å². The van der Waals surface area contributed by atoms with E-state index in [-0.39, 0.29) is 5.91 Å². The van der Waals surface area contributed by atoms with Gasteiger partial charge in [0.2, 0.25) is 5.91 Å². The largest absolute Gasteiger partial charge is 0.353 e. The Balaban J connectivity index is 1.43. The lowest BCUT2D eigenvalue weighted by Crippen LogP contribution is -2.09. The second-order valence-corrected chi connectivity index (χ2v) is 8.51. The van der Waals surface area contributed by atoms with Gasteiger partial charge in [-0.3, -0.25) is 14.9 Å². The van der Waals surface area contributed by atoms with Crippen LogP contribution in [-0.4, -0.2) is 26.1 Å². The van der Waals surface area contributed by atoms with E-state index in [1.807, 2.05) is 49.5 Å². The normalized spacial score (nSPS) is 11.2. The van der Waals surface area contributed by atoms with Crippen LogP contribution in [0.25, 0.3) is 55.4 Å². The van der Waals surface area contributed by atoms with Crippen LogP contribution in [0.5, 0.6) is 0 Å². The summed E-state index contributed by atoms with van der Waals surface area (Å²) in [5.74, 6) is -0.000752. The average molecular weight is 458 g/mol. The number of hydrogen-bond donors (Lipinski definition) is 3. The number of nitrogens with one attached hydrogen (secondary N) is 3. The van der Waals surface area contributed by atoms with Gasteiger partial charge in [-0.25, -0.2) is 0 Å². The molecule has 6 heteroatoms. The van der Waals surface area contributed by atoms with Gasteiger partial charge in [-0.15, -0.1) is 0 Å². The van der Waals surface area contributed by atoms with E-state index in [1.165, 1.54) is 0 Å². The summed E-state index contributed by atoms with van der Waals surface area (Å²) in [6.45, 7) is 1.84. The van der Waals surface area contributed by atoms with Gasteiger partial charge >= 0.3 is 0 Å². The Morgan fingerprint density at radius 3 is 2.57 bits per heavy atom. The van der Waals surface area contributed by atoms with Crippen molar-refractivity contribution in [2.45, 2.75) is 13.3 Å². The number of fused-ring (bicyclic) bond motifs is 2. The molecule has 0 spiro atoms. The highest BCUT2D eigenvalue weighted by Crippen LogP contribution is 2.35. The highest BCUT2D eigenvalue weighted by atomic mass is 16.1. The van der Waals surface area contributed by atoms with Gasteiger partial charge in [-0.2, -0.15) is 5.10 Å². The summed E-state index contributed by atoms with van der Waals surface area (Å²) < 4.78 is 0. The first-order valence-electron chi connectivity index (χ1n) is 11.6. The van der Waals surface area contributed by atoms with E-state index < -0.39 is 0 Å². The first kappa shape index (κ1) is 20.9. The van der Waals surface area contributed by atoms with Gasteiger partial charge in [0.1, 0.15) is 5.69 Å². The Morgan fingerprint density at radius 2 is 1.71 bits per heavy atom. The summed E-state index contributed by atoms with van der Waals surface area (Å²) in [5.41, 5.74) is 8.91. The van der Waals surface area contributed by atoms with Crippen molar-refractivity contribution in [3.8, 4) is 33.6 Å². The molecule has 6 rings (SSSR count). The maximum atomic E-state index is 11.8. The molecule has 3 N–H and O–H groups in total. The van der Waals surface area contributed by atoms with Crippen LogP contribution in [-0.2, 0) is 4.79 Å². The van der Waals surface area contributed by atoms with Crippen molar-refractivity contribution in [2.24, 2.45) is 0 Å². The fraction of sp³-hybridized carbons (Fsp3) is 0.0690. The molecule has 0 radical (unpaired) electrons. The molecule has 0 saturated heterocycles. The minimum Gasteiger partial charge on any atom is -0.353 e. The lowest BCUT2D eigenvalue weighted by molar-refractivity contribution is -0.115. The molecule has 0 aliphatic carbocycles. The van der Waals surface area contributed by atoms with Crippen molar-refractivity contribution in [3.63, 3.8) is 0 Å². The third kappa shape index (κ3) is 3.85. The molecular formula is C29H23N5O. The molecule has 0 saturated carbocycles. The van der Waals surface area contributed by atoms with E-state index in [1.54, 1.807) is 6.20 Å². The number of pyridine rings is 1. The molecule has 0 atom stereocenters. The lowest BCUT2D eigenvalue weighted by atomic mass is 10.0. The molecule has 6 aromatic rings. The van der Waals surface area contributed by atoms with Gasteiger partial charge in [0.25, 0.3) is 0 Å².